The monoisotopic (exact) mass is 1220 g/mol. The fourth-order valence-electron chi connectivity index (χ4n) is 11.6. The van der Waals surface area contributed by atoms with E-state index in [1.54, 1.807) is 0 Å². The Morgan fingerprint density at radius 1 is 0.400 bits per heavy atom. The summed E-state index contributed by atoms with van der Waals surface area (Å²) in [5.74, 6) is -0.481. The second-order valence-corrected chi connectivity index (χ2v) is 28.6. The SMILES string of the molecule is CCCCCCCC/C=C/CCCCCCCCCCCCCCCC(=O)NC(COP(=O)(O)OCC[N+](C)(C)C)C(/C=C/CCCCCCCCCCC)OC(=O)CCCCCCCCCCCCCCCCCCCCCCCCCCC. The highest BCUT2D eigenvalue weighted by atomic mass is 31.2. The zero-order valence-corrected chi connectivity index (χ0v) is 58.8. The van der Waals surface area contributed by atoms with E-state index in [1.807, 2.05) is 33.3 Å². The number of nitrogens with zero attached hydrogens (tertiary/aromatic N) is 1. The van der Waals surface area contributed by atoms with E-state index in [0.29, 0.717) is 23.9 Å². The summed E-state index contributed by atoms with van der Waals surface area (Å²) in [6, 6.07) is -0.843. The third-order valence-corrected chi connectivity index (χ3v) is 18.4. The Hall–Kier alpha value is -1.51. The maximum Gasteiger partial charge on any atom is 0.472 e. The van der Waals surface area contributed by atoms with Crippen LogP contribution in [-0.2, 0) is 27.9 Å². The van der Waals surface area contributed by atoms with E-state index in [-0.39, 0.29) is 25.1 Å². The molecule has 0 aromatic rings. The van der Waals surface area contributed by atoms with Crippen LogP contribution in [-0.4, -0.2) is 74.3 Å². The van der Waals surface area contributed by atoms with Crippen LogP contribution in [0.3, 0.4) is 0 Å². The number of phosphoric ester groups is 1. The lowest BCUT2D eigenvalue weighted by Crippen LogP contribution is -2.47. The van der Waals surface area contributed by atoms with Gasteiger partial charge in [0.05, 0.1) is 33.8 Å². The predicted molar refractivity (Wildman–Crippen MR) is 370 cm³/mol. The van der Waals surface area contributed by atoms with Crippen molar-refractivity contribution < 1.29 is 37.3 Å². The standard InChI is InChI=1S/C75H147N2O7P/c1-7-10-13-16-19-22-25-27-29-31-33-35-37-38-40-42-44-46-48-50-53-56-59-62-65-68-75(79)84-73(66-63-60-57-54-51-24-21-18-15-12-9-3)72(71-83-85(80,81)82-70-69-77(4,5)6)76-74(78)67-64-61-58-55-52-49-47-45-43-41-39-36-34-32-30-28-26-23-20-17-14-11-8-2/h28,30,63,66,72-73H,7-27,29,31-62,64-65,67-71H2,1-6H3,(H-,76,78,80,81)/p+1/b30-28+,66-63+. The Kier molecular flexibility index (Phi) is 64.3. The number of carbonyl (C=O) groups excluding carboxylic acids is 2. The number of allylic oxidation sites excluding steroid dienone is 3. The van der Waals surface area contributed by atoms with Crippen LogP contribution in [0, 0.1) is 0 Å². The van der Waals surface area contributed by atoms with Crippen LogP contribution in [0.5, 0.6) is 0 Å². The number of phosphoric acid groups is 1. The molecule has 0 aliphatic rings. The molecular weight excluding hydrogens is 1070 g/mol. The first kappa shape index (κ1) is 83.5. The van der Waals surface area contributed by atoms with Crippen LogP contribution >= 0.6 is 7.82 Å². The van der Waals surface area contributed by atoms with E-state index >= 15 is 0 Å². The summed E-state index contributed by atoms with van der Waals surface area (Å²) in [7, 11) is 1.52. The van der Waals surface area contributed by atoms with Crippen LogP contribution < -0.4 is 5.32 Å². The van der Waals surface area contributed by atoms with Crippen molar-refractivity contribution in [2.24, 2.45) is 0 Å². The molecule has 3 unspecified atom stereocenters. The molecule has 85 heavy (non-hydrogen) atoms. The maximum atomic E-state index is 13.6. The molecule has 0 spiro atoms. The molecule has 0 radical (unpaired) electrons. The predicted octanol–water partition coefficient (Wildman–Crippen LogP) is 24.0. The van der Waals surface area contributed by atoms with Crippen molar-refractivity contribution in [3.8, 4) is 0 Å². The molecule has 3 atom stereocenters. The fraction of sp³-hybridized carbons (Fsp3) is 0.920. The number of amides is 1. The molecule has 2 N–H and O–H groups in total. The molecule has 1 amide bonds. The smallest absolute Gasteiger partial charge is 0.456 e. The van der Waals surface area contributed by atoms with Crippen molar-refractivity contribution in [3.63, 3.8) is 0 Å². The molecule has 0 fully saturated rings. The topological polar surface area (TPSA) is 111 Å². The van der Waals surface area contributed by atoms with Gasteiger partial charge >= 0.3 is 13.8 Å². The third kappa shape index (κ3) is 66.7. The van der Waals surface area contributed by atoms with Gasteiger partial charge in [0.25, 0.3) is 0 Å². The lowest BCUT2D eigenvalue weighted by molar-refractivity contribution is -0.870. The highest BCUT2D eigenvalue weighted by molar-refractivity contribution is 7.47. The molecular formula is C75H148N2O7P+. The number of hydrogen-bond acceptors (Lipinski definition) is 6. The summed E-state index contributed by atoms with van der Waals surface area (Å²) in [4.78, 5) is 37.9. The van der Waals surface area contributed by atoms with Gasteiger partial charge in [0, 0.05) is 12.8 Å². The summed E-state index contributed by atoms with van der Waals surface area (Å²) in [6.45, 7) is 7.08. The summed E-state index contributed by atoms with van der Waals surface area (Å²) in [5.41, 5.74) is 0. The van der Waals surface area contributed by atoms with E-state index in [9.17, 15) is 19.0 Å². The minimum absolute atomic E-state index is 0.0445. The van der Waals surface area contributed by atoms with Gasteiger partial charge in [-0.15, -0.1) is 0 Å². The van der Waals surface area contributed by atoms with E-state index in [2.05, 4.69) is 38.2 Å². The Labute approximate surface area is 530 Å². The minimum Gasteiger partial charge on any atom is -0.456 e. The molecule has 0 aliphatic carbocycles. The number of hydrogen-bond donors (Lipinski definition) is 2. The van der Waals surface area contributed by atoms with Gasteiger partial charge in [-0.1, -0.05) is 347 Å². The second-order valence-electron chi connectivity index (χ2n) is 27.2. The van der Waals surface area contributed by atoms with Crippen LogP contribution in [0.1, 0.15) is 393 Å². The van der Waals surface area contributed by atoms with Gasteiger partial charge in [0.1, 0.15) is 19.3 Å². The van der Waals surface area contributed by atoms with E-state index < -0.39 is 20.0 Å². The molecule has 10 heteroatoms. The zero-order chi connectivity index (χ0) is 62.1. The largest absolute Gasteiger partial charge is 0.472 e. The van der Waals surface area contributed by atoms with Crippen molar-refractivity contribution in [2.75, 3.05) is 40.9 Å². The van der Waals surface area contributed by atoms with Crippen molar-refractivity contribution in [1.82, 2.24) is 5.32 Å². The first-order valence-corrected chi connectivity index (χ1v) is 39.2. The first-order valence-electron chi connectivity index (χ1n) is 37.7. The van der Waals surface area contributed by atoms with Gasteiger partial charge in [0.2, 0.25) is 5.91 Å². The molecule has 9 nitrogen and oxygen atoms in total. The van der Waals surface area contributed by atoms with E-state index in [0.717, 1.165) is 57.8 Å². The fourth-order valence-corrected chi connectivity index (χ4v) is 12.3. The van der Waals surface area contributed by atoms with Crippen LogP contribution in [0.15, 0.2) is 24.3 Å². The molecule has 0 saturated heterocycles. The quantitative estimate of drug-likeness (QED) is 0.0205. The van der Waals surface area contributed by atoms with Gasteiger partial charge in [-0.2, -0.15) is 0 Å². The Morgan fingerprint density at radius 3 is 1.00 bits per heavy atom. The Balaban J connectivity index is 4.91. The molecule has 504 valence electrons. The molecule has 0 bridgehead atoms. The highest BCUT2D eigenvalue weighted by Gasteiger charge is 2.30. The van der Waals surface area contributed by atoms with Crippen LogP contribution in [0.2, 0.25) is 0 Å². The molecule has 0 rings (SSSR count). The number of likely N-dealkylation sites (N-methyl/N-ethyl adjacent to an activating group) is 1. The lowest BCUT2D eigenvalue weighted by Gasteiger charge is -2.27. The number of rotatable bonds is 70. The summed E-state index contributed by atoms with van der Waals surface area (Å²) < 4.78 is 30.9. The number of quaternary nitrogens is 1. The second kappa shape index (κ2) is 65.4. The van der Waals surface area contributed by atoms with Gasteiger partial charge in [-0.3, -0.25) is 18.6 Å². The minimum atomic E-state index is -4.45. The summed E-state index contributed by atoms with van der Waals surface area (Å²) in [6.07, 6.45) is 80.7. The summed E-state index contributed by atoms with van der Waals surface area (Å²) in [5, 5.41) is 3.08. The highest BCUT2D eigenvalue weighted by Crippen LogP contribution is 2.43. The lowest BCUT2D eigenvalue weighted by atomic mass is 10.0. The molecule has 0 aliphatic heterocycles. The normalized spacial score (nSPS) is 13.5. The molecule has 0 heterocycles. The van der Waals surface area contributed by atoms with E-state index in [1.165, 1.54) is 302 Å². The number of carbonyl (C=O) groups is 2. The van der Waals surface area contributed by atoms with Gasteiger partial charge in [-0.05, 0) is 57.4 Å². The number of unbranched alkanes of at least 4 members (excludes halogenated alkanes) is 52. The van der Waals surface area contributed by atoms with Gasteiger partial charge in [0.15, 0.2) is 0 Å². The van der Waals surface area contributed by atoms with E-state index in [4.69, 9.17) is 13.8 Å². The molecule has 0 aromatic heterocycles. The average molecular weight is 1220 g/mol. The maximum absolute atomic E-state index is 13.6. The van der Waals surface area contributed by atoms with Gasteiger partial charge in [-0.25, -0.2) is 4.57 Å². The van der Waals surface area contributed by atoms with Crippen molar-refractivity contribution in [1.29, 1.82) is 0 Å². The van der Waals surface area contributed by atoms with Gasteiger partial charge < -0.3 is 19.4 Å². The first-order chi connectivity index (χ1) is 41.4. The zero-order valence-electron chi connectivity index (χ0n) is 57.9. The van der Waals surface area contributed by atoms with Crippen molar-refractivity contribution >= 4 is 19.7 Å². The van der Waals surface area contributed by atoms with Crippen LogP contribution in [0.25, 0.3) is 0 Å². The van der Waals surface area contributed by atoms with Crippen molar-refractivity contribution in [3.05, 3.63) is 24.3 Å². The summed E-state index contributed by atoms with van der Waals surface area (Å²) >= 11 is 0. The number of ether oxygens (including phenoxy) is 1. The molecule has 0 aromatic carbocycles. The number of esters is 1. The average Bonchev–Trinajstić information content (AvgIpc) is 3.62. The van der Waals surface area contributed by atoms with Crippen LogP contribution in [0.4, 0.5) is 0 Å². The van der Waals surface area contributed by atoms with Crippen molar-refractivity contribution in [2.45, 2.75) is 405 Å². The Morgan fingerprint density at radius 2 is 0.682 bits per heavy atom. The molecule has 0 saturated carbocycles. The number of nitrogens with one attached hydrogen (secondary N) is 1. The third-order valence-electron chi connectivity index (χ3n) is 17.4. The Bertz CT molecular complexity index is 1500.